The van der Waals surface area contributed by atoms with Crippen LogP contribution in [0.25, 0.3) is 22.2 Å². The zero-order chi connectivity index (χ0) is 29.4. The summed E-state index contributed by atoms with van der Waals surface area (Å²) in [7, 11) is 0. The zero-order valence-electron chi connectivity index (χ0n) is 23.0. The maximum Gasteiger partial charge on any atom is 0.418 e. The Bertz CT molecular complexity index is 1570. The van der Waals surface area contributed by atoms with Gasteiger partial charge < -0.3 is 20.1 Å². The normalized spacial score (nSPS) is 25.7. The molecule has 0 spiro atoms. The van der Waals surface area contributed by atoms with E-state index in [2.05, 4.69) is 24.8 Å². The van der Waals surface area contributed by atoms with Crippen molar-refractivity contribution in [1.29, 1.82) is 0 Å². The number of ether oxygens (including phenoxy) is 2. The van der Waals surface area contributed by atoms with Crippen molar-refractivity contribution in [2.24, 2.45) is 0 Å². The Kier molecular flexibility index (Phi) is 6.33. The summed E-state index contributed by atoms with van der Waals surface area (Å²) >= 11 is 0. The van der Waals surface area contributed by atoms with Crippen molar-refractivity contribution in [3.63, 3.8) is 0 Å². The summed E-state index contributed by atoms with van der Waals surface area (Å²) in [6.07, 6.45) is -1.20. The molecular formula is C28H30F5N7O2. The first-order valence-corrected chi connectivity index (χ1v) is 14.2. The van der Waals surface area contributed by atoms with Gasteiger partial charge in [-0.25, -0.2) is 18.7 Å². The Morgan fingerprint density at radius 3 is 2.79 bits per heavy atom. The molecule has 42 heavy (non-hydrogen) atoms. The zero-order valence-corrected chi connectivity index (χ0v) is 23.0. The third-order valence-corrected chi connectivity index (χ3v) is 9.01. The number of alkyl halides is 4. The number of rotatable bonds is 4. The van der Waals surface area contributed by atoms with Crippen LogP contribution in [0.5, 0.6) is 11.9 Å². The topological polar surface area (TPSA) is 103 Å². The van der Waals surface area contributed by atoms with Crippen LogP contribution in [-0.2, 0) is 6.18 Å². The summed E-state index contributed by atoms with van der Waals surface area (Å²) in [5, 5.41) is 0.172. The van der Waals surface area contributed by atoms with E-state index in [-0.39, 0.29) is 47.9 Å². The second-order valence-electron chi connectivity index (χ2n) is 11.7. The molecule has 3 saturated heterocycles. The number of aryl methyl sites for hydroxylation is 1. The Hall–Kier alpha value is -3.55. The Morgan fingerprint density at radius 1 is 1.14 bits per heavy atom. The van der Waals surface area contributed by atoms with Gasteiger partial charge in [-0.05, 0) is 51.6 Å². The summed E-state index contributed by atoms with van der Waals surface area (Å²) in [5.74, 6) is -0.990. The number of nitrogens with zero attached hydrogens (tertiary/aromatic N) is 6. The average Bonchev–Trinajstić information content (AvgIpc) is 3.40. The molecule has 224 valence electrons. The highest BCUT2D eigenvalue weighted by Gasteiger charge is 2.49. The van der Waals surface area contributed by atoms with Gasteiger partial charge in [0.2, 0.25) is 5.88 Å². The SMILES string of the molecule is Cc1nc(N)cc(-c2nc3c4c(nc(OC[C@@]56CCCN5C[C@H](F)C6)nc4c2F)N2CCCC[C@H]2CO3)c1C(F)(F)F. The first-order valence-electron chi connectivity index (χ1n) is 14.2. The van der Waals surface area contributed by atoms with Crippen LogP contribution in [-0.4, -0.2) is 75.4 Å². The van der Waals surface area contributed by atoms with Crippen LogP contribution >= 0.6 is 0 Å². The van der Waals surface area contributed by atoms with Gasteiger partial charge in [0, 0.05) is 25.1 Å². The Morgan fingerprint density at radius 2 is 1.98 bits per heavy atom. The number of nitrogen functional groups attached to an aromatic ring is 1. The van der Waals surface area contributed by atoms with Crippen molar-refractivity contribution in [2.45, 2.75) is 69.4 Å². The number of hydrogen-bond acceptors (Lipinski definition) is 9. The van der Waals surface area contributed by atoms with Crippen LogP contribution in [0.1, 0.15) is 49.8 Å². The lowest BCUT2D eigenvalue weighted by molar-refractivity contribution is -0.137. The van der Waals surface area contributed by atoms with E-state index in [9.17, 15) is 17.6 Å². The molecule has 2 N–H and O–H groups in total. The molecule has 3 atom stereocenters. The highest BCUT2D eigenvalue weighted by Crippen LogP contribution is 2.46. The summed E-state index contributed by atoms with van der Waals surface area (Å²) < 4.78 is 85.6. The second kappa shape index (κ2) is 9.75. The summed E-state index contributed by atoms with van der Waals surface area (Å²) in [4.78, 5) is 21.2. The number of nitrogens with two attached hydrogens (primary N) is 1. The molecule has 3 aromatic rings. The molecule has 0 saturated carbocycles. The minimum atomic E-state index is -4.86. The van der Waals surface area contributed by atoms with Crippen molar-refractivity contribution in [3.05, 3.63) is 23.1 Å². The number of aromatic nitrogens is 4. The molecule has 0 aliphatic carbocycles. The fraction of sp³-hybridized carbons (Fsp3) is 0.571. The minimum Gasteiger partial charge on any atom is -0.475 e. The number of piperidine rings is 1. The van der Waals surface area contributed by atoms with Gasteiger partial charge in [-0.15, -0.1) is 0 Å². The first-order chi connectivity index (χ1) is 20.0. The smallest absolute Gasteiger partial charge is 0.418 e. The molecule has 0 radical (unpaired) electrons. The maximum absolute atomic E-state index is 16.5. The Labute approximate surface area is 238 Å². The number of hydrogen-bond donors (Lipinski definition) is 1. The average molecular weight is 592 g/mol. The van der Waals surface area contributed by atoms with E-state index in [0.717, 1.165) is 51.6 Å². The minimum absolute atomic E-state index is 0.0601. The second-order valence-corrected chi connectivity index (χ2v) is 11.7. The molecule has 3 aromatic heterocycles. The standard InChI is InChI=1S/C28H30F5N7O2/c1-14-20(28(31,32)33)17(9-18(34)35-14)22-21(30)23-19-24(40-8-3-2-5-16(40)12-41-25(19)36-22)38-26(37-23)42-13-27-6-4-7-39(27)11-15(29)10-27/h9,15-16H,2-8,10-13H2,1H3,(H2,34,35)/t15-,16+,27+/m1/s1. The summed E-state index contributed by atoms with van der Waals surface area (Å²) in [5.41, 5.74) is 2.34. The highest BCUT2D eigenvalue weighted by atomic mass is 19.4. The molecule has 14 heteroatoms. The van der Waals surface area contributed by atoms with E-state index in [0.29, 0.717) is 25.3 Å². The molecule has 0 amide bonds. The van der Waals surface area contributed by atoms with Crippen molar-refractivity contribution < 1.29 is 31.4 Å². The van der Waals surface area contributed by atoms with Crippen molar-refractivity contribution in [2.75, 3.05) is 43.5 Å². The van der Waals surface area contributed by atoms with E-state index in [1.165, 1.54) is 0 Å². The Balaban J connectivity index is 1.40. The molecule has 0 unspecified atom stereocenters. The van der Waals surface area contributed by atoms with E-state index >= 15 is 4.39 Å². The van der Waals surface area contributed by atoms with Gasteiger partial charge in [0.25, 0.3) is 0 Å². The molecule has 7 heterocycles. The number of anilines is 2. The van der Waals surface area contributed by atoms with E-state index < -0.39 is 46.2 Å². The third-order valence-electron chi connectivity index (χ3n) is 9.01. The largest absolute Gasteiger partial charge is 0.475 e. The molecule has 0 bridgehead atoms. The fourth-order valence-corrected chi connectivity index (χ4v) is 7.18. The van der Waals surface area contributed by atoms with Crippen LogP contribution in [0, 0.1) is 12.7 Å². The van der Waals surface area contributed by atoms with Crippen molar-refractivity contribution >= 4 is 22.5 Å². The van der Waals surface area contributed by atoms with Gasteiger partial charge in [0.1, 0.15) is 47.6 Å². The first kappa shape index (κ1) is 27.3. The monoisotopic (exact) mass is 591 g/mol. The van der Waals surface area contributed by atoms with Gasteiger partial charge >= 0.3 is 12.2 Å². The van der Waals surface area contributed by atoms with Crippen molar-refractivity contribution in [3.8, 4) is 23.1 Å². The van der Waals surface area contributed by atoms with Gasteiger partial charge in [-0.2, -0.15) is 23.1 Å². The van der Waals surface area contributed by atoms with Crippen LogP contribution in [0.4, 0.5) is 33.6 Å². The molecule has 4 aliphatic rings. The van der Waals surface area contributed by atoms with E-state index in [4.69, 9.17) is 15.2 Å². The van der Waals surface area contributed by atoms with Gasteiger partial charge in [-0.1, -0.05) is 0 Å². The lowest BCUT2D eigenvalue weighted by Crippen LogP contribution is -2.44. The number of pyridine rings is 2. The van der Waals surface area contributed by atoms with E-state index in [1.54, 1.807) is 0 Å². The molecule has 4 aliphatic heterocycles. The quantitative estimate of drug-likeness (QED) is 0.427. The molecule has 9 nitrogen and oxygen atoms in total. The van der Waals surface area contributed by atoms with Gasteiger partial charge in [-0.3, -0.25) is 4.90 Å². The summed E-state index contributed by atoms with van der Waals surface area (Å²) in [6.45, 7) is 3.20. The van der Waals surface area contributed by atoms with Crippen LogP contribution in [0.2, 0.25) is 0 Å². The molecule has 0 aromatic carbocycles. The van der Waals surface area contributed by atoms with Gasteiger partial charge in [0.15, 0.2) is 5.82 Å². The maximum atomic E-state index is 16.5. The number of fused-ring (bicyclic) bond motifs is 3. The predicted molar refractivity (Wildman–Crippen MR) is 144 cm³/mol. The van der Waals surface area contributed by atoms with Crippen LogP contribution < -0.4 is 20.1 Å². The third kappa shape index (κ3) is 4.36. The molecule has 7 rings (SSSR count). The van der Waals surface area contributed by atoms with Crippen molar-refractivity contribution in [1.82, 2.24) is 24.8 Å². The van der Waals surface area contributed by atoms with E-state index in [1.807, 2.05) is 4.90 Å². The fourth-order valence-electron chi connectivity index (χ4n) is 7.18. The molecule has 3 fully saturated rings. The lowest BCUT2D eigenvalue weighted by atomic mass is 9.95. The predicted octanol–water partition coefficient (Wildman–Crippen LogP) is 4.84. The lowest BCUT2D eigenvalue weighted by Gasteiger charge is -2.35. The van der Waals surface area contributed by atoms with Gasteiger partial charge in [0.05, 0.1) is 22.8 Å². The molecular weight excluding hydrogens is 561 g/mol. The van der Waals surface area contributed by atoms with Crippen LogP contribution in [0.15, 0.2) is 6.07 Å². The van der Waals surface area contributed by atoms with Crippen LogP contribution in [0.3, 0.4) is 0 Å². The summed E-state index contributed by atoms with van der Waals surface area (Å²) in [6, 6.07) is 0.734. The number of halogens is 5. The highest BCUT2D eigenvalue weighted by molar-refractivity contribution is 5.97.